The molecule has 2 atom stereocenters. The summed E-state index contributed by atoms with van der Waals surface area (Å²) in [5, 5.41) is 0. The van der Waals surface area contributed by atoms with Crippen molar-refractivity contribution >= 4 is 18.3 Å². The van der Waals surface area contributed by atoms with Gasteiger partial charge in [0.25, 0.3) is 5.91 Å². The highest BCUT2D eigenvalue weighted by Gasteiger charge is 2.36. The molecule has 2 bridgehead atoms. The molecule has 2 aliphatic heterocycles. The molecular formula is C19H26ClFN2O. The van der Waals surface area contributed by atoms with Gasteiger partial charge in [-0.05, 0) is 56.7 Å². The predicted molar refractivity (Wildman–Crippen MR) is 96.9 cm³/mol. The zero-order valence-electron chi connectivity index (χ0n) is 14.4. The van der Waals surface area contributed by atoms with E-state index in [9.17, 15) is 9.18 Å². The maximum atomic E-state index is 13.1. The quantitative estimate of drug-likeness (QED) is 0.791. The molecule has 2 unspecified atom stereocenters. The first-order valence-corrected chi connectivity index (χ1v) is 8.60. The molecule has 1 aromatic rings. The number of hydrogen-bond acceptors (Lipinski definition) is 2. The molecule has 1 saturated heterocycles. The van der Waals surface area contributed by atoms with E-state index in [-0.39, 0.29) is 24.1 Å². The van der Waals surface area contributed by atoms with E-state index in [0.717, 1.165) is 31.5 Å². The zero-order valence-corrected chi connectivity index (χ0v) is 15.2. The highest BCUT2D eigenvalue weighted by molar-refractivity contribution is 5.95. The van der Waals surface area contributed by atoms with Gasteiger partial charge in [-0.25, -0.2) is 4.39 Å². The van der Waals surface area contributed by atoms with E-state index >= 15 is 0 Å². The molecule has 24 heavy (non-hydrogen) atoms. The maximum absolute atomic E-state index is 13.1. The van der Waals surface area contributed by atoms with E-state index in [2.05, 4.69) is 24.9 Å². The largest absolute Gasteiger partial charge is 0.312 e. The number of benzene rings is 1. The summed E-state index contributed by atoms with van der Waals surface area (Å²) in [5.74, 6) is -0.313. The van der Waals surface area contributed by atoms with E-state index < -0.39 is 0 Å². The van der Waals surface area contributed by atoms with Gasteiger partial charge in [-0.1, -0.05) is 13.3 Å². The fourth-order valence-corrected chi connectivity index (χ4v) is 3.66. The molecule has 0 aliphatic carbocycles. The van der Waals surface area contributed by atoms with Crippen molar-refractivity contribution < 1.29 is 9.18 Å². The average Bonchev–Trinajstić information content (AvgIpc) is 2.76. The van der Waals surface area contributed by atoms with E-state index in [0.29, 0.717) is 17.6 Å². The smallest absolute Gasteiger partial charge is 0.258 e. The van der Waals surface area contributed by atoms with Crippen LogP contribution in [-0.4, -0.2) is 41.4 Å². The topological polar surface area (TPSA) is 23.6 Å². The molecule has 1 aromatic carbocycles. The fraction of sp³-hybridized carbons (Fsp3) is 0.526. The van der Waals surface area contributed by atoms with E-state index in [1.54, 1.807) is 12.1 Å². The van der Waals surface area contributed by atoms with Gasteiger partial charge in [0.05, 0.1) is 0 Å². The summed E-state index contributed by atoms with van der Waals surface area (Å²) in [4.78, 5) is 17.3. The second-order valence-electron chi connectivity index (χ2n) is 6.64. The van der Waals surface area contributed by atoms with Crippen LogP contribution in [0.2, 0.25) is 0 Å². The summed E-state index contributed by atoms with van der Waals surface area (Å²) in [6.45, 7) is 2.87. The van der Waals surface area contributed by atoms with Crippen molar-refractivity contribution in [2.45, 2.75) is 51.1 Å². The Hall–Kier alpha value is -1.39. The Morgan fingerprint density at radius 2 is 2.00 bits per heavy atom. The molecule has 2 heterocycles. The van der Waals surface area contributed by atoms with Gasteiger partial charge in [0.2, 0.25) is 0 Å². The van der Waals surface area contributed by atoms with Gasteiger partial charge in [0.15, 0.2) is 0 Å². The van der Waals surface area contributed by atoms with Crippen molar-refractivity contribution in [2.75, 3.05) is 13.6 Å². The third-order valence-corrected chi connectivity index (χ3v) is 5.14. The number of carbonyl (C=O) groups excluding carboxylic acids is 1. The number of amides is 1. The van der Waals surface area contributed by atoms with Gasteiger partial charge in [-0.2, -0.15) is 0 Å². The second-order valence-corrected chi connectivity index (χ2v) is 6.64. The van der Waals surface area contributed by atoms with E-state index in [1.165, 1.54) is 25.0 Å². The lowest BCUT2D eigenvalue weighted by molar-refractivity contribution is 0.0784. The lowest BCUT2D eigenvalue weighted by Gasteiger charge is -2.35. The lowest BCUT2D eigenvalue weighted by Crippen LogP contribution is -2.41. The third-order valence-electron chi connectivity index (χ3n) is 5.14. The van der Waals surface area contributed by atoms with Gasteiger partial charge in [-0.3, -0.25) is 9.69 Å². The zero-order chi connectivity index (χ0) is 16.4. The van der Waals surface area contributed by atoms with Crippen LogP contribution >= 0.6 is 12.4 Å². The Balaban J connectivity index is 0.00000208. The van der Waals surface area contributed by atoms with Crippen LogP contribution in [-0.2, 0) is 0 Å². The Labute approximate surface area is 149 Å². The van der Waals surface area contributed by atoms with Crippen LogP contribution in [0.1, 0.15) is 49.4 Å². The number of nitrogens with zero attached hydrogens (tertiary/aromatic N) is 2. The van der Waals surface area contributed by atoms with E-state index in [4.69, 9.17) is 0 Å². The van der Waals surface area contributed by atoms with Crippen molar-refractivity contribution in [3.05, 3.63) is 47.4 Å². The van der Waals surface area contributed by atoms with Crippen LogP contribution in [0.4, 0.5) is 4.39 Å². The molecule has 1 fully saturated rings. The summed E-state index contributed by atoms with van der Waals surface area (Å²) >= 11 is 0. The second kappa shape index (κ2) is 8.13. The van der Waals surface area contributed by atoms with Gasteiger partial charge in [0, 0.05) is 36.3 Å². The fourth-order valence-electron chi connectivity index (χ4n) is 3.66. The first-order chi connectivity index (χ1) is 11.1. The van der Waals surface area contributed by atoms with Crippen LogP contribution < -0.4 is 0 Å². The van der Waals surface area contributed by atoms with Crippen molar-refractivity contribution in [3.8, 4) is 0 Å². The Bertz CT molecular complexity index is 602. The summed E-state index contributed by atoms with van der Waals surface area (Å²) in [7, 11) is 2.17. The highest BCUT2D eigenvalue weighted by atomic mass is 35.5. The van der Waals surface area contributed by atoms with Crippen LogP contribution in [0.25, 0.3) is 0 Å². The standard InChI is InChI=1S/C19H25FN2O.ClH/c1-3-4-11-22(19(23)14-5-7-15(20)8-6-14)18-12-16-9-10-17(13-18)21(16)2;/h5-8,12,16-17H,3-4,9-11,13H2,1-2H3;1H. The normalized spacial score (nSPS) is 22.7. The molecule has 1 amide bonds. The molecule has 0 saturated carbocycles. The van der Waals surface area contributed by atoms with Crippen molar-refractivity contribution in [1.29, 1.82) is 0 Å². The van der Waals surface area contributed by atoms with Crippen molar-refractivity contribution in [3.63, 3.8) is 0 Å². The minimum absolute atomic E-state index is 0. The number of carbonyl (C=O) groups is 1. The number of unbranched alkanes of at least 4 members (excludes halogenated alkanes) is 1. The number of likely N-dealkylation sites (N-methyl/N-ethyl adjacent to an activating group) is 1. The Morgan fingerprint density at radius 3 is 2.62 bits per heavy atom. The first-order valence-electron chi connectivity index (χ1n) is 8.60. The number of fused-ring (bicyclic) bond motifs is 2. The highest BCUT2D eigenvalue weighted by Crippen LogP contribution is 2.35. The van der Waals surface area contributed by atoms with Crippen LogP contribution in [0.3, 0.4) is 0 Å². The Morgan fingerprint density at radius 1 is 1.29 bits per heavy atom. The summed E-state index contributed by atoms with van der Waals surface area (Å²) in [5.41, 5.74) is 1.72. The van der Waals surface area contributed by atoms with Gasteiger partial charge in [0.1, 0.15) is 5.82 Å². The first kappa shape index (κ1) is 18.9. The molecule has 0 aromatic heterocycles. The van der Waals surface area contributed by atoms with Crippen molar-refractivity contribution in [1.82, 2.24) is 9.80 Å². The molecule has 0 N–H and O–H groups in total. The molecule has 2 aliphatic rings. The molecule has 132 valence electrons. The van der Waals surface area contributed by atoms with Crippen LogP contribution in [0, 0.1) is 5.82 Å². The molecule has 3 rings (SSSR count). The minimum atomic E-state index is -0.307. The minimum Gasteiger partial charge on any atom is -0.312 e. The molecule has 0 spiro atoms. The predicted octanol–water partition coefficient (Wildman–Crippen LogP) is 4.24. The average molecular weight is 353 g/mol. The lowest BCUT2D eigenvalue weighted by atomic mass is 10.0. The number of hydrogen-bond donors (Lipinski definition) is 0. The maximum Gasteiger partial charge on any atom is 0.258 e. The molecular weight excluding hydrogens is 327 g/mol. The van der Waals surface area contributed by atoms with Gasteiger partial charge >= 0.3 is 0 Å². The van der Waals surface area contributed by atoms with Crippen LogP contribution in [0.15, 0.2) is 36.0 Å². The number of halogens is 2. The monoisotopic (exact) mass is 352 g/mol. The number of rotatable bonds is 5. The van der Waals surface area contributed by atoms with Crippen LogP contribution in [0.5, 0.6) is 0 Å². The summed E-state index contributed by atoms with van der Waals surface area (Å²) in [6, 6.07) is 6.89. The Kier molecular flexibility index (Phi) is 6.41. The van der Waals surface area contributed by atoms with E-state index in [1.807, 2.05) is 4.90 Å². The van der Waals surface area contributed by atoms with Gasteiger partial charge < -0.3 is 4.90 Å². The SMILES string of the molecule is CCCCN(C(=O)c1ccc(F)cc1)C1=CC2CCC(C1)N2C.Cl. The summed E-state index contributed by atoms with van der Waals surface area (Å²) in [6.07, 6.45) is 7.61. The van der Waals surface area contributed by atoms with Gasteiger partial charge in [-0.15, -0.1) is 12.4 Å². The molecule has 0 radical (unpaired) electrons. The molecule has 3 nitrogen and oxygen atoms in total. The summed E-state index contributed by atoms with van der Waals surface area (Å²) < 4.78 is 13.1. The third kappa shape index (κ3) is 3.81. The van der Waals surface area contributed by atoms with Crippen molar-refractivity contribution in [2.24, 2.45) is 0 Å². The molecule has 5 heteroatoms.